The lowest BCUT2D eigenvalue weighted by Gasteiger charge is -2.22. The lowest BCUT2D eigenvalue weighted by atomic mass is 10.3. The third kappa shape index (κ3) is 10.5. The van der Waals surface area contributed by atoms with Gasteiger partial charge in [0.05, 0.1) is 6.61 Å². The van der Waals surface area contributed by atoms with E-state index in [0.717, 1.165) is 5.75 Å². The van der Waals surface area contributed by atoms with Gasteiger partial charge in [0.25, 0.3) is 0 Å². The fraction of sp³-hybridized carbons (Fsp3) is 0.455. The van der Waals surface area contributed by atoms with Gasteiger partial charge in [0.15, 0.2) is 6.23 Å². The molecule has 0 heterocycles. The molecule has 0 saturated heterocycles. The van der Waals surface area contributed by atoms with Crippen molar-refractivity contribution in [3.8, 4) is 11.5 Å². The maximum absolute atomic E-state index is 10.1. The summed E-state index contributed by atoms with van der Waals surface area (Å²) in [6.45, 7) is 3.63. The average Bonchev–Trinajstić information content (AvgIpc) is 2.79. The maximum atomic E-state index is 10.1. The third-order valence-corrected chi connectivity index (χ3v) is 3.97. The van der Waals surface area contributed by atoms with E-state index in [9.17, 15) is 5.11 Å². The van der Waals surface area contributed by atoms with Crippen molar-refractivity contribution in [2.24, 2.45) is 0 Å². The molecular weight excluding hydrogens is 388 g/mol. The molecule has 2 aromatic carbocycles. The zero-order valence-electron chi connectivity index (χ0n) is 17.5. The van der Waals surface area contributed by atoms with E-state index in [0.29, 0.717) is 25.4 Å². The van der Waals surface area contributed by atoms with Gasteiger partial charge in [0.2, 0.25) is 0 Å². The van der Waals surface area contributed by atoms with Crippen LogP contribution in [0.25, 0.3) is 0 Å². The molecule has 0 spiro atoms. The monoisotopic (exact) mass is 420 g/mol. The van der Waals surface area contributed by atoms with Gasteiger partial charge in [-0.25, -0.2) is 9.78 Å². The molecule has 0 unspecified atom stereocenters. The van der Waals surface area contributed by atoms with Gasteiger partial charge in [-0.15, -0.1) is 0 Å². The molecular formula is C22H32N2O6. The maximum Gasteiger partial charge on any atom is 0.178 e. The predicted octanol–water partition coefficient (Wildman–Crippen LogP) is 1.95. The predicted molar refractivity (Wildman–Crippen MR) is 113 cm³/mol. The van der Waals surface area contributed by atoms with Crippen LogP contribution in [0.3, 0.4) is 0 Å². The third-order valence-electron chi connectivity index (χ3n) is 3.97. The highest BCUT2D eigenvalue weighted by molar-refractivity contribution is 5.21. The van der Waals surface area contributed by atoms with Crippen molar-refractivity contribution in [3.05, 3.63) is 60.7 Å². The summed E-state index contributed by atoms with van der Waals surface area (Å²) in [4.78, 5) is 10.9. The van der Waals surface area contributed by atoms with Crippen LogP contribution < -0.4 is 20.1 Å². The number of methoxy groups -OCH3 is 1. The number of benzene rings is 2. The van der Waals surface area contributed by atoms with Crippen LogP contribution in [0.2, 0.25) is 0 Å². The van der Waals surface area contributed by atoms with Gasteiger partial charge >= 0.3 is 0 Å². The van der Waals surface area contributed by atoms with Gasteiger partial charge in [-0.05, 0) is 31.2 Å². The number of hydrogen-bond donors (Lipinski definition) is 3. The van der Waals surface area contributed by atoms with Crippen LogP contribution in [0.15, 0.2) is 60.7 Å². The summed E-state index contributed by atoms with van der Waals surface area (Å²) in [7, 11) is 1.63. The molecule has 166 valence electrons. The number of aliphatic hydroxyl groups is 1. The van der Waals surface area contributed by atoms with Crippen molar-refractivity contribution in [1.82, 2.24) is 10.6 Å². The molecule has 2 aromatic rings. The van der Waals surface area contributed by atoms with Crippen LogP contribution >= 0.6 is 0 Å². The Morgan fingerprint density at radius 2 is 1.43 bits per heavy atom. The largest absolute Gasteiger partial charge is 0.491 e. The first-order valence-electron chi connectivity index (χ1n) is 9.99. The number of aliphatic hydroxyl groups excluding tert-OH is 1. The van der Waals surface area contributed by atoms with Gasteiger partial charge < -0.3 is 19.3 Å². The molecule has 0 aromatic heterocycles. The van der Waals surface area contributed by atoms with Gasteiger partial charge in [-0.2, -0.15) is 0 Å². The molecule has 8 nitrogen and oxygen atoms in total. The second kappa shape index (κ2) is 14.7. The zero-order chi connectivity index (χ0) is 21.4. The van der Waals surface area contributed by atoms with Crippen LogP contribution in [-0.4, -0.2) is 63.7 Å². The minimum atomic E-state index is -0.687. The van der Waals surface area contributed by atoms with E-state index < -0.39 is 18.6 Å². The molecule has 30 heavy (non-hydrogen) atoms. The van der Waals surface area contributed by atoms with Gasteiger partial charge in [-0.1, -0.05) is 36.4 Å². The van der Waals surface area contributed by atoms with Crippen molar-refractivity contribution in [1.29, 1.82) is 0 Å². The standard InChI is InChI=1S/C22H32N2O6/c1-18(24-15-19(25)16-27-20-9-5-3-6-10-20)29-30-22(23-13-14-26-2)17-28-21-11-7-4-8-12-21/h3-12,18-19,22-25H,13-17H2,1-2H3/t18-,19+,22+/m1/s1. The smallest absolute Gasteiger partial charge is 0.178 e. The Morgan fingerprint density at radius 3 is 2.03 bits per heavy atom. The fourth-order valence-corrected chi connectivity index (χ4v) is 2.39. The van der Waals surface area contributed by atoms with Crippen LogP contribution in [0, 0.1) is 0 Å². The van der Waals surface area contributed by atoms with Crippen LogP contribution in [0.5, 0.6) is 11.5 Å². The summed E-state index contributed by atoms with van der Waals surface area (Å²) < 4.78 is 16.3. The molecule has 0 aliphatic rings. The first kappa shape index (κ1) is 24.1. The molecule has 2 rings (SSSR count). The number of rotatable bonds is 16. The van der Waals surface area contributed by atoms with Crippen molar-refractivity contribution in [2.75, 3.05) is 40.0 Å². The zero-order valence-corrected chi connectivity index (χ0v) is 17.5. The van der Waals surface area contributed by atoms with E-state index in [1.165, 1.54) is 0 Å². The highest BCUT2D eigenvalue weighted by Gasteiger charge is 2.14. The molecule has 0 aliphatic carbocycles. The number of hydrogen-bond acceptors (Lipinski definition) is 8. The van der Waals surface area contributed by atoms with E-state index in [1.54, 1.807) is 14.0 Å². The average molecular weight is 421 g/mol. The summed E-state index contributed by atoms with van der Waals surface area (Å²) in [6, 6.07) is 18.8. The number of nitrogens with one attached hydrogen (secondary N) is 2. The summed E-state index contributed by atoms with van der Waals surface area (Å²) in [6.07, 6.45) is -1.62. The minimum Gasteiger partial charge on any atom is -0.491 e. The number of para-hydroxylation sites is 2. The Hall–Kier alpha value is -2.20. The summed E-state index contributed by atoms with van der Waals surface area (Å²) in [5.41, 5.74) is 0. The quantitative estimate of drug-likeness (QED) is 0.164. The molecule has 3 N–H and O–H groups in total. The Kier molecular flexibility index (Phi) is 11.8. The molecule has 0 radical (unpaired) electrons. The number of ether oxygens (including phenoxy) is 3. The normalized spacial score (nSPS) is 14.1. The molecule has 3 atom stereocenters. The van der Waals surface area contributed by atoms with Crippen molar-refractivity contribution in [3.63, 3.8) is 0 Å². The van der Waals surface area contributed by atoms with Gasteiger partial charge in [-0.3, -0.25) is 10.6 Å². The molecule has 0 saturated carbocycles. The van der Waals surface area contributed by atoms with E-state index in [4.69, 9.17) is 24.0 Å². The van der Waals surface area contributed by atoms with Gasteiger partial charge in [0.1, 0.15) is 37.0 Å². The lowest BCUT2D eigenvalue weighted by molar-refractivity contribution is -0.361. The van der Waals surface area contributed by atoms with Crippen molar-refractivity contribution < 1.29 is 29.1 Å². The second-order valence-corrected chi connectivity index (χ2v) is 6.58. The van der Waals surface area contributed by atoms with Crippen molar-refractivity contribution in [2.45, 2.75) is 25.5 Å². The SMILES string of the molecule is COCCN[C@H](COc1ccccc1)OO[C@H](C)NC[C@H](O)COc1ccccc1. The van der Waals surface area contributed by atoms with Crippen LogP contribution in [0.4, 0.5) is 0 Å². The fourth-order valence-electron chi connectivity index (χ4n) is 2.39. The second-order valence-electron chi connectivity index (χ2n) is 6.58. The molecule has 0 aliphatic heterocycles. The van der Waals surface area contributed by atoms with Crippen LogP contribution in [-0.2, 0) is 14.5 Å². The van der Waals surface area contributed by atoms with Crippen molar-refractivity contribution >= 4 is 0 Å². The Bertz CT molecular complexity index is 661. The van der Waals surface area contributed by atoms with Crippen LogP contribution in [0.1, 0.15) is 6.92 Å². The summed E-state index contributed by atoms with van der Waals surface area (Å²) in [5, 5.41) is 16.3. The van der Waals surface area contributed by atoms with E-state index in [-0.39, 0.29) is 13.2 Å². The van der Waals surface area contributed by atoms with E-state index in [1.807, 2.05) is 60.7 Å². The molecule has 0 bridgehead atoms. The van der Waals surface area contributed by atoms with E-state index >= 15 is 0 Å². The Labute approximate surface area is 178 Å². The summed E-state index contributed by atoms with van der Waals surface area (Å²) in [5.74, 6) is 1.46. The highest BCUT2D eigenvalue weighted by atomic mass is 17.2. The van der Waals surface area contributed by atoms with E-state index in [2.05, 4.69) is 10.6 Å². The highest BCUT2D eigenvalue weighted by Crippen LogP contribution is 2.10. The van der Waals surface area contributed by atoms with Gasteiger partial charge in [0, 0.05) is 20.2 Å². The Morgan fingerprint density at radius 1 is 0.833 bits per heavy atom. The molecule has 0 amide bonds. The minimum absolute atomic E-state index is 0.177. The first-order valence-corrected chi connectivity index (χ1v) is 9.99. The summed E-state index contributed by atoms with van der Waals surface area (Å²) >= 11 is 0. The Balaban J connectivity index is 1.66. The molecule has 0 fully saturated rings. The molecule has 8 heteroatoms. The topological polar surface area (TPSA) is 90.4 Å². The lowest BCUT2D eigenvalue weighted by Crippen LogP contribution is -2.43. The first-order chi connectivity index (χ1) is 14.7.